The maximum Gasteiger partial charge on any atom is 0.416 e. The number of nitrogen functional groups attached to an aromatic ring is 1. The molecule has 9 heteroatoms. The van der Waals surface area contributed by atoms with E-state index < -0.39 is 16.7 Å². The van der Waals surface area contributed by atoms with Crippen LogP contribution in [0.15, 0.2) is 55.0 Å². The second kappa shape index (κ2) is 5.93. The first kappa shape index (κ1) is 16.5. The largest absolute Gasteiger partial charge is 0.416 e. The zero-order valence-corrected chi connectivity index (χ0v) is 12.6. The highest BCUT2D eigenvalue weighted by atomic mass is 19.4. The van der Waals surface area contributed by atoms with E-state index in [1.165, 1.54) is 47.4 Å². The van der Waals surface area contributed by atoms with Gasteiger partial charge in [0.2, 0.25) is 0 Å². The van der Waals surface area contributed by atoms with Crippen LogP contribution in [0.1, 0.15) is 5.56 Å². The number of benzene rings is 2. The van der Waals surface area contributed by atoms with Crippen molar-refractivity contribution in [3.05, 3.63) is 70.7 Å². The Morgan fingerprint density at radius 3 is 2.40 bits per heavy atom. The lowest BCUT2D eigenvalue weighted by Gasteiger charge is -2.07. The molecule has 1 heterocycles. The molecule has 0 amide bonds. The van der Waals surface area contributed by atoms with Gasteiger partial charge in [0, 0.05) is 23.9 Å². The quantitative estimate of drug-likeness (QED) is 0.439. The molecule has 0 saturated carbocycles. The number of nitro groups is 1. The zero-order valence-electron chi connectivity index (χ0n) is 12.6. The lowest BCUT2D eigenvalue weighted by atomic mass is 10.1. The number of halogens is 3. The predicted octanol–water partition coefficient (Wildman–Crippen LogP) is 4.05. The Labute approximate surface area is 139 Å². The molecule has 0 atom stereocenters. The number of rotatable bonds is 3. The fourth-order valence-corrected chi connectivity index (χ4v) is 2.30. The average Bonchev–Trinajstić information content (AvgIpc) is 3.04. The first-order chi connectivity index (χ1) is 11.8. The Kier molecular flexibility index (Phi) is 3.91. The van der Waals surface area contributed by atoms with E-state index in [1.54, 1.807) is 0 Å². The van der Waals surface area contributed by atoms with Gasteiger partial charge in [-0.05, 0) is 18.2 Å². The molecule has 0 aliphatic carbocycles. The highest BCUT2D eigenvalue weighted by Crippen LogP contribution is 2.31. The SMILES string of the molecule is Nc1ccc([N+](=O)[O-])cc1-n1cnc(-c2ccc(C(F)(F)F)cc2)c1. The summed E-state index contributed by atoms with van der Waals surface area (Å²) in [6.45, 7) is 0. The minimum atomic E-state index is -4.41. The van der Waals surface area contributed by atoms with Crippen molar-refractivity contribution in [2.75, 3.05) is 5.73 Å². The van der Waals surface area contributed by atoms with Crippen molar-refractivity contribution in [2.45, 2.75) is 6.18 Å². The van der Waals surface area contributed by atoms with E-state index >= 15 is 0 Å². The van der Waals surface area contributed by atoms with Gasteiger partial charge in [-0.15, -0.1) is 0 Å². The molecule has 2 N–H and O–H groups in total. The van der Waals surface area contributed by atoms with Crippen LogP contribution in [0.25, 0.3) is 16.9 Å². The van der Waals surface area contributed by atoms with Gasteiger partial charge in [-0.3, -0.25) is 10.1 Å². The smallest absolute Gasteiger partial charge is 0.397 e. The summed E-state index contributed by atoms with van der Waals surface area (Å²) in [4.78, 5) is 14.5. The van der Waals surface area contributed by atoms with Gasteiger partial charge < -0.3 is 10.3 Å². The number of hydrogen-bond donors (Lipinski definition) is 1. The number of aromatic nitrogens is 2. The molecule has 0 saturated heterocycles. The molecule has 0 spiro atoms. The molecule has 0 bridgehead atoms. The number of alkyl halides is 3. The minimum Gasteiger partial charge on any atom is -0.397 e. The summed E-state index contributed by atoms with van der Waals surface area (Å²) >= 11 is 0. The molecule has 2 aromatic carbocycles. The Bertz CT molecular complexity index is 933. The number of non-ortho nitro benzene ring substituents is 1. The van der Waals surface area contributed by atoms with E-state index in [4.69, 9.17) is 5.73 Å². The summed E-state index contributed by atoms with van der Waals surface area (Å²) in [5.74, 6) is 0. The van der Waals surface area contributed by atoms with Crippen LogP contribution in [-0.4, -0.2) is 14.5 Å². The monoisotopic (exact) mass is 348 g/mol. The molecule has 0 aliphatic rings. The van der Waals surface area contributed by atoms with Crippen LogP contribution in [0, 0.1) is 10.1 Å². The molecule has 1 aromatic heterocycles. The standard InChI is InChI=1S/C16H11F3N4O2/c17-16(18,19)11-3-1-10(2-4-11)14-8-22(9-21-14)15-7-12(23(24)25)5-6-13(15)20/h1-9H,20H2. The van der Waals surface area contributed by atoms with Crippen molar-refractivity contribution >= 4 is 11.4 Å². The Morgan fingerprint density at radius 2 is 1.80 bits per heavy atom. The molecular formula is C16H11F3N4O2. The molecule has 3 rings (SSSR count). The van der Waals surface area contributed by atoms with Crippen LogP contribution in [0.5, 0.6) is 0 Å². The number of nitrogens with zero attached hydrogens (tertiary/aromatic N) is 3. The summed E-state index contributed by atoms with van der Waals surface area (Å²) in [5, 5.41) is 10.9. The normalized spacial score (nSPS) is 11.5. The van der Waals surface area contributed by atoms with Crippen molar-refractivity contribution < 1.29 is 18.1 Å². The Hall–Kier alpha value is -3.36. The Balaban J connectivity index is 1.96. The summed E-state index contributed by atoms with van der Waals surface area (Å²) < 4.78 is 39.3. The van der Waals surface area contributed by atoms with E-state index in [0.29, 0.717) is 22.6 Å². The van der Waals surface area contributed by atoms with Crippen molar-refractivity contribution in [1.82, 2.24) is 9.55 Å². The van der Waals surface area contributed by atoms with Gasteiger partial charge in [-0.1, -0.05) is 12.1 Å². The summed E-state index contributed by atoms with van der Waals surface area (Å²) in [6, 6.07) is 8.55. The van der Waals surface area contributed by atoms with E-state index in [2.05, 4.69) is 4.98 Å². The maximum atomic E-state index is 12.6. The third-order valence-corrected chi connectivity index (χ3v) is 3.59. The molecule has 0 unspecified atom stereocenters. The molecule has 25 heavy (non-hydrogen) atoms. The molecule has 128 valence electrons. The first-order valence-electron chi connectivity index (χ1n) is 7.01. The van der Waals surface area contributed by atoms with Crippen LogP contribution < -0.4 is 5.73 Å². The molecule has 0 aliphatic heterocycles. The number of nitro benzene ring substituents is 1. The summed E-state index contributed by atoms with van der Waals surface area (Å²) in [5.41, 5.74) is 6.53. The number of hydrogen-bond acceptors (Lipinski definition) is 4. The topological polar surface area (TPSA) is 87.0 Å². The summed E-state index contributed by atoms with van der Waals surface area (Å²) in [6.07, 6.45) is -1.48. The van der Waals surface area contributed by atoms with Gasteiger partial charge in [0.05, 0.1) is 33.9 Å². The first-order valence-corrected chi connectivity index (χ1v) is 7.01. The van der Waals surface area contributed by atoms with Gasteiger partial charge in [-0.2, -0.15) is 13.2 Å². The lowest BCUT2D eigenvalue weighted by Crippen LogP contribution is -2.03. The molecule has 6 nitrogen and oxygen atoms in total. The number of imidazole rings is 1. The third kappa shape index (κ3) is 3.30. The van der Waals surface area contributed by atoms with E-state index in [0.717, 1.165) is 12.1 Å². The lowest BCUT2D eigenvalue weighted by molar-refractivity contribution is -0.384. The van der Waals surface area contributed by atoms with Crippen LogP contribution >= 0.6 is 0 Å². The van der Waals surface area contributed by atoms with Crippen LogP contribution in [0.4, 0.5) is 24.5 Å². The zero-order chi connectivity index (χ0) is 18.2. The molecular weight excluding hydrogens is 337 g/mol. The second-order valence-corrected chi connectivity index (χ2v) is 5.24. The minimum absolute atomic E-state index is 0.131. The van der Waals surface area contributed by atoms with Crippen molar-refractivity contribution in [3.63, 3.8) is 0 Å². The van der Waals surface area contributed by atoms with Crippen LogP contribution in [-0.2, 0) is 6.18 Å². The van der Waals surface area contributed by atoms with Gasteiger partial charge in [-0.25, -0.2) is 4.98 Å². The van der Waals surface area contributed by atoms with Gasteiger partial charge in [0.1, 0.15) is 0 Å². The van der Waals surface area contributed by atoms with Gasteiger partial charge >= 0.3 is 6.18 Å². The highest BCUT2D eigenvalue weighted by Gasteiger charge is 2.30. The third-order valence-electron chi connectivity index (χ3n) is 3.59. The fraction of sp³-hybridized carbons (Fsp3) is 0.0625. The van der Waals surface area contributed by atoms with Gasteiger partial charge in [0.25, 0.3) is 5.69 Å². The highest BCUT2D eigenvalue weighted by molar-refractivity contribution is 5.65. The van der Waals surface area contributed by atoms with Crippen molar-refractivity contribution in [3.8, 4) is 16.9 Å². The fourth-order valence-electron chi connectivity index (χ4n) is 2.30. The molecule has 3 aromatic rings. The number of nitrogens with two attached hydrogens (primary N) is 1. The van der Waals surface area contributed by atoms with Crippen molar-refractivity contribution in [2.24, 2.45) is 0 Å². The van der Waals surface area contributed by atoms with Gasteiger partial charge in [0.15, 0.2) is 0 Å². The van der Waals surface area contributed by atoms with Crippen LogP contribution in [0.3, 0.4) is 0 Å². The second-order valence-electron chi connectivity index (χ2n) is 5.24. The Morgan fingerprint density at radius 1 is 1.12 bits per heavy atom. The average molecular weight is 348 g/mol. The summed E-state index contributed by atoms with van der Waals surface area (Å²) in [7, 11) is 0. The predicted molar refractivity (Wildman–Crippen MR) is 85.1 cm³/mol. The van der Waals surface area contributed by atoms with E-state index in [1.807, 2.05) is 0 Å². The number of anilines is 1. The van der Waals surface area contributed by atoms with Crippen molar-refractivity contribution in [1.29, 1.82) is 0 Å². The molecule has 0 radical (unpaired) electrons. The van der Waals surface area contributed by atoms with E-state index in [-0.39, 0.29) is 5.69 Å². The van der Waals surface area contributed by atoms with Crippen LogP contribution in [0.2, 0.25) is 0 Å². The molecule has 0 fully saturated rings. The maximum absolute atomic E-state index is 12.6. The van der Waals surface area contributed by atoms with E-state index in [9.17, 15) is 23.3 Å².